The third-order valence-corrected chi connectivity index (χ3v) is 7.97. The second-order valence-corrected chi connectivity index (χ2v) is 9.61. The third-order valence-electron chi connectivity index (χ3n) is 7.97. The molecule has 0 aliphatic heterocycles. The van der Waals surface area contributed by atoms with Gasteiger partial charge in [-0.25, -0.2) is 0 Å². The second-order valence-electron chi connectivity index (χ2n) is 9.61. The number of hydrogen-bond acceptors (Lipinski definition) is 2. The number of benzene rings is 1. The molecule has 2 N–H and O–H groups in total. The molecule has 1 aromatic carbocycles. The van der Waals surface area contributed by atoms with Crippen molar-refractivity contribution in [3.8, 4) is 11.5 Å². The highest BCUT2D eigenvalue weighted by Crippen LogP contribution is 2.68. The summed E-state index contributed by atoms with van der Waals surface area (Å²) in [5.41, 5.74) is 3.14. The van der Waals surface area contributed by atoms with Gasteiger partial charge in [0.2, 0.25) is 0 Å². The van der Waals surface area contributed by atoms with Crippen molar-refractivity contribution in [2.24, 2.45) is 22.7 Å². The fourth-order valence-electron chi connectivity index (χ4n) is 7.12. The lowest BCUT2D eigenvalue weighted by Gasteiger charge is -2.61. The van der Waals surface area contributed by atoms with Gasteiger partial charge in [-0.3, -0.25) is 0 Å². The first-order valence-electron chi connectivity index (χ1n) is 10.2. The minimum absolute atomic E-state index is 0.0613. The third kappa shape index (κ3) is 2.51. The predicted molar refractivity (Wildman–Crippen MR) is 104 cm³/mol. The minimum atomic E-state index is 0.0613. The SMILES string of the molecule is CC.CC1(C)CCC[C@@]2(C)C1CC[C@@]1(C)c3c(O)cc(O)cc3C[C@@H]12. The van der Waals surface area contributed by atoms with E-state index < -0.39 is 0 Å². The van der Waals surface area contributed by atoms with Crippen molar-refractivity contribution in [1.29, 1.82) is 0 Å². The average molecular weight is 345 g/mol. The molecule has 0 aromatic heterocycles. The summed E-state index contributed by atoms with van der Waals surface area (Å²) >= 11 is 0. The molecule has 0 amide bonds. The molecule has 4 rings (SSSR count). The highest BCUT2D eigenvalue weighted by atomic mass is 16.3. The van der Waals surface area contributed by atoms with Crippen LogP contribution in [0.4, 0.5) is 0 Å². The van der Waals surface area contributed by atoms with Crippen LogP contribution in [0.3, 0.4) is 0 Å². The zero-order valence-electron chi connectivity index (χ0n) is 16.9. The lowest BCUT2D eigenvalue weighted by Crippen LogP contribution is -2.55. The van der Waals surface area contributed by atoms with Crippen LogP contribution >= 0.6 is 0 Å². The van der Waals surface area contributed by atoms with E-state index >= 15 is 0 Å². The van der Waals surface area contributed by atoms with Crippen LogP contribution in [0.2, 0.25) is 0 Å². The van der Waals surface area contributed by atoms with Gasteiger partial charge in [-0.05, 0) is 66.4 Å². The highest BCUT2D eigenvalue weighted by molar-refractivity contribution is 5.54. The molecule has 0 saturated heterocycles. The van der Waals surface area contributed by atoms with Crippen LogP contribution in [0.15, 0.2) is 12.1 Å². The molecule has 1 unspecified atom stereocenters. The highest BCUT2D eigenvalue weighted by Gasteiger charge is 2.61. The maximum Gasteiger partial charge on any atom is 0.123 e. The Hall–Kier alpha value is -1.18. The quantitative estimate of drug-likeness (QED) is 0.590. The second kappa shape index (κ2) is 5.93. The molecule has 0 radical (unpaired) electrons. The van der Waals surface area contributed by atoms with Crippen molar-refractivity contribution in [2.45, 2.75) is 85.5 Å². The van der Waals surface area contributed by atoms with Gasteiger partial charge in [0.15, 0.2) is 0 Å². The molecule has 2 heteroatoms. The van der Waals surface area contributed by atoms with Gasteiger partial charge in [0, 0.05) is 17.0 Å². The Morgan fingerprint density at radius 3 is 2.28 bits per heavy atom. The number of phenolic OH excluding ortho intramolecular Hbond substituents is 2. The summed E-state index contributed by atoms with van der Waals surface area (Å²) in [6.07, 6.45) is 7.40. The smallest absolute Gasteiger partial charge is 0.123 e. The van der Waals surface area contributed by atoms with Gasteiger partial charge in [-0.15, -0.1) is 0 Å². The molecular formula is C23H36O2. The van der Waals surface area contributed by atoms with Gasteiger partial charge in [0.1, 0.15) is 11.5 Å². The van der Waals surface area contributed by atoms with E-state index in [9.17, 15) is 10.2 Å². The zero-order valence-corrected chi connectivity index (χ0v) is 16.9. The van der Waals surface area contributed by atoms with Gasteiger partial charge in [-0.1, -0.05) is 48.0 Å². The number of aromatic hydroxyl groups is 2. The molecule has 4 atom stereocenters. The summed E-state index contributed by atoms with van der Waals surface area (Å²) in [6.45, 7) is 13.8. The van der Waals surface area contributed by atoms with Crippen molar-refractivity contribution in [3.05, 3.63) is 23.3 Å². The van der Waals surface area contributed by atoms with Crippen LogP contribution in [0.25, 0.3) is 0 Å². The lowest BCUT2D eigenvalue weighted by atomic mass is 9.43. The number of hydrogen-bond donors (Lipinski definition) is 2. The normalized spacial score (nSPS) is 38.0. The molecule has 140 valence electrons. The van der Waals surface area contributed by atoms with Crippen molar-refractivity contribution >= 4 is 0 Å². The lowest BCUT2D eigenvalue weighted by molar-refractivity contribution is -0.0984. The molecule has 2 nitrogen and oxygen atoms in total. The standard InChI is InChI=1S/C21H30O2.C2H6/c1-19(2)7-5-8-20(3)16(19)6-9-21(4)17(20)11-13-10-14(22)12-15(23)18(13)21;1-2/h10,12,16-17,22-23H,5-9,11H2,1-4H3;1-2H3/t16?,17-,20+,21-;/m1./s1. The van der Waals surface area contributed by atoms with Crippen molar-refractivity contribution in [2.75, 3.05) is 0 Å². The monoisotopic (exact) mass is 344 g/mol. The first-order valence-corrected chi connectivity index (χ1v) is 10.2. The van der Waals surface area contributed by atoms with Gasteiger partial charge < -0.3 is 10.2 Å². The average Bonchev–Trinajstić information content (AvgIpc) is 2.82. The zero-order chi connectivity index (χ0) is 18.6. The van der Waals surface area contributed by atoms with E-state index in [1.807, 2.05) is 19.9 Å². The van der Waals surface area contributed by atoms with Crippen molar-refractivity contribution in [1.82, 2.24) is 0 Å². The summed E-state index contributed by atoms with van der Waals surface area (Å²) < 4.78 is 0. The summed E-state index contributed by atoms with van der Waals surface area (Å²) in [4.78, 5) is 0. The van der Waals surface area contributed by atoms with Crippen LogP contribution in [0, 0.1) is 22.7 Å². The molecule has 25 heavy (non-hydrogen) atoms. The number of rotatable bonds is 0. The Balaban J connectivity index is 0.000000880. The van der Waals surface area contributed by atoms with E-state index in [0.29, 0.717) is 22.5 Å². The molecule has 2 fully saturated rings. The molecule has 3 aliphatic rings. The summed E-state index contributed by atoms with van der Waals surface area (Å²) in [5.74, 6) is 1.86. The van der Waals surface area contributed by atoms with E-state index in [1.54, 1.807) is 0 Å². The molecule has 0 heterocycles. The molecule has 1 aromatic rings. The van der Waals surface area contributed by atoms with Gasteiger partial charge >= 0.3 is 0 Å². The summed E-state index contributed by atoms with van der Waals surface area (Å²) in [5, 5.41) is 20.5. The van der Waals surface area contributed by atoms with Crippen molar-refractivity contribution < 1.29 is 10.2 Å². The topological polar surface area (TPSA) is 40.5 Å². The van der Waals surface area contributed by atoms with Crippen LogP contribution in [-0.4, -0.2) is 10.2 Å². The number of fused-ring (bicyclic) bond motifs is 5. The van der Waals surface area contributed by atoms with Crippen LogP contribution in [0.1, 0.15) is 84.8 Å². The van der Waals surface area contributed by atoms with Crippen LogP contribution < -0.4 is 0 Å². The number of phenols is 2. The van der Waals surface area contributed by atoms with E-state index in [0.717, 1.165) is 24.3 Å². The molecule has 2 saturated carbocycles. The largest absolute Gasteiger partial charge is 0.508 e. The fourth-order valence-corrected chi connectivity index (χ4v) is 7.12. The Kier molecular flexibility index (Phi) is 4.41. The molecule has 0 spiro atoms. The van der Waals surface area contributed by atoms with Crippen LogP contribution in [-0.2, 0) is 11.8 Å². The Morgan fingerprint density at radius 1 is 0.920 bits per heavy atom. The predicted octanol–water partition coefficient (Wildman–Crippen LogP) is 6.18. The minimum Gasteiger partial charge on any atom is -0.508 e. The molecule has 0 bridgehead atoms. The Morgan fingerprint density at radius 2 is 1.60 bits per heavy atom. The van der Waals surface area contributed by atoms with Gasteiger partial charge in [0.05, 0.1) is 0 Å². The Labute approximate surface area is 153 Å². The maximum atomic E-state index is 10.5. The maximum absolute atomic E-state index is 10.5. The fraction of sp³-hybridized carbons (Fsp3) is 0.739. The van der Waals surface area contributed by atoms with Crippen LogP contribution in [0.5, 0.6) is 11.5 Å². The summed E-state index contributed by atoms with van der Waals surface area (Å²) in [7, 11) is 0. The van der Waals surface area contributed by atoms with Crippen molar-refractivity contribution in [3.63, 3.8) is 0 Å². The summed E-state index contributed by atoms with van der Waals surface area (Å²) in [6, 6.07) is 3.43. The van der Waals surface area contributed by atoms with E-state index in [-0.39, 0.29) is 11.2 Å². The molecule has 3 aliphatic carbocycles. The van der Waals surface area contributed by atoms with E-state index in [1.165, 1.54) is 37.3 Å². The Bertz CT molecular complexity index is 662. The van der Waals surface area contributed by atoms with E-state index in [2.05, 4.69) is 27.7 Å². The van der Waals surface area contributed by atoms with E-state index in [4.69, 9.17) is 0 Å². The molecular weight excluding hydrogens is 308 g/mol. The first-order chi connectivity index (χ1) is 11.7. The van der Waals surface area contributed by atoms with Gasteiger partial charge in [0.25, 0.3) is 0 Å². The first kappa shape index (κ1) is 18.6. The van der Waals surface area contributed by atoms with Gasteiger partial charge in [-0.2, -0.15) is 0 Å².